The molecule has 108 heavy (non-hydrogen) atoms. The van der Waals surface area contributed by atoms with Crippen molar-refractivity contribution in [3.63, 3.8) is 0 Å². The zero-order valence-electron chi connectivity index (χ0n) is 66.9. The van der Waals surface area contributed by atoms with Crippen molar-refractivity contribution in [2.75, 3.05) is 39.6 Å². The number of rotatable bonds is 75. The van der Waals surface area contributed by atoms with Crippen molar-refractivity contribution in [1.29, 1.82) is 0 Å². The number of ether oxygens (including phenoxy) is 4. The van der Waals surface area contributed by atoms with Gasteiger partial charge in [-0.05, 0) is 141 Å². The van der Waals surface area contributed by atoms with Gasteiger partial charge in [0.1, 0.15) is 19.3 Å². The Balaban J connectivity index is 5.50. The van der Waals surface area contributed by atoms with Crippen LogP contribution in [0.1, 0.15) is 297 Å². The monoisotopic (exact) mass is 1550 g/mol. The Bertz CT molecular complexity index is 2760. The molecular weight excluding hydrogens is 1400 g/mol. The molecule has 0 bridgehead atoms. The van der Waals surface area contributed by atoms with E-state index in [1.54, 1.807) is 12.2 Å². The van der Waals surface area contributed by atoms with Crippen LogP contribution in [0.25, 0.3) is 0 Å². The summed E-state index contributed by atoms with van der Waals surface area (Å²) in [6.07, 6.45) is 96.1. The van der Waals surface area contributed by atoms with Crippen LogP contribution in [-0.4, -0.2) is 96.7 Å². The molecule has 3 N–H and O–H groups in total. The third kappa shape index (κ3) is 78.3. The maximum Gasteiger partial charge on any atom is 0.472 e. The molecule has 19 heteroatoms. The van der Waals surface area contributed by atoms with Crippen molar-refractivity contribution >= 4 is 39.5 Å². The lowest BCUT2D eigenvalue weighted by atomic mass is 10.0. The maximum atomic E-state index is 13.1. The highest BCUT2D eigenvalue weighted by Crippen LogP contribution is 2.45. The second kappa shape index (κ2) is 79.3. The Morgan fingerprint density at radius 1 is 0.278 bits per heavy atom. The van der Waals surface area contributed by atoms with Crippen LogP contribution in [0.15, 0.2) is 182 Å². The van der Waals surface area contributed by atoms with E-state index in [9.17, 15) is 43.2 Å². The van der Waals surface area contributed by atoms with Crippen LogP contribution in [0.5, 0.6) is 0 Å². The van der Waals surface area contributed by atoms with Crippen LogP contribution in [0.3, 0.4) is 0 Å². The molecule has 612 valence electrons. The fraction of sp³-hybridized carbons (Fsp3) is 0.618. The van der Waals surface area contributed by atoms with E-state index in [2.05, 4.69) is 186 Å². The molecule has 0 aromatic heterocycles. The van der Waals surface area contributed by atoms with E-state index in [1.165, 1.54) is 64.2 Å². The van der Waals surface area contributed by atoms with Crippen molar-refractivity contribution in [3.8, 4) is 0 Å². The number of hydrogen-bond donors (Lipinski definition) is 3. The largest absolute Gasteiger partial charge is 0.472 e. The minimum Gasteiger partial charge on any atom is -0.462 e. The molecule has 0 aromatic rings. The number of aliphatic hydroxyl groups is 1. The fourth-order valence-electron chi connectivity index (χ4n) is 10.3. The molecule has 0 radical (unpaired) electrons. The Morgan fingerprint density at radius 3 is 0.824 bits per heavy atom. The molecule has 17 nitrogen and oxygen atoms in total. The van der Waals surface area contributed by atoms with E-state index >= 15 is 0 Å². The molecule has 0 heterocycles. The Labute approximate surface area is 654 Å². The van der Waals surface area contributed by atoms with Gasteiger partial charge in [-0.3, -0.25) is 37.3 Å². The molecule has 0 fully saturated rings. The van der Waals surface area contributed by atoms with Gasteiger partial charge in [-0.2, -0.15) is 0 Å². The summed E-state index contributed by atoms with van der Waals surface area (Å²) < 4.78 is 68.5. The summed E-state index contributed by atoms with van der Waals surface area (Å²) in [6, 6.07) is 0. The standard InChI is InChI=1S/C89H144O17P2/c1-5-9-13-17-21-25-29-33-37-39-41-43-47-49-53-57-61-65-69-73-86(91)99-79-84(105-88(93)75-71-67-63-59-55-51-45-35-31-27-23-19-15-11-7-3)81-103-107(95,96)101-77-83(90)78-102-108(97,98)104-82-85(106-89(94)76-72-68-64-60-56-52-46-36-32-28-24-20-16-12-8-4)80-100-87(92)74-70-66-62-58-54-50-48-44-42-40-38-34-30-26-22-18-14-10-6-2/h9-11,13-15,21-23,25-27,33-35,37-38,41-45,49-50,53-55,59,67,71,83-85,90H,5-8,12,16-20,24,28-32,36,39-40,46-48,51-52,56-58,60-66,68-70,72-82H2,1-4H3,(H,95,96)(H,97,98)/b13-9-,14-10-,15-11-,25-21-,26-22-,27-23-,37-33-,38-34-,43-41-,44-42-,45-35-,53-49-,54-50-,59-55-,71-67-. The zero-order chi connectivity index (χ0) is 78.9. The Hall–Kier alpha value is -5.84. The molecule has 0 spiro atoms. The lowest BCUT2D eigenvalue weighted by Crippen LogP contribution is -2.30. The summed E-state index contributed by atoms with van der Waals surface area (Å²) in [7, 11) is -10.0. The number of phosphoric acid groups is 2. The van der Waals surface area contributed by atoms with Crippen LogP contribution in [0, 0.1) is 0 Å². The first-order valence-electron chi connectivity index (χ1n) is 41.0. The van der Waals surface area contributed by atoms with Gasteiger partial charge in [0.2, 0.25) is 0 Å². The van der Waals surface area contributed by atoms with E-state index in [1.807, 2.05) is 12.2 Å². The molecule has 0 aliphatic heterocycles. The van der Waals surface area contributed by atoms with Gasteiger partial charge in [0.15, 0.2) is 12.2 Å². The van der Waals surface area contributed by atoms with E-state index in [0.717, 1.165) is 154 Å². The molecule has 0 aliphatic rings. The first kappa shape index (κ1) is 102. The number of carbonyl (C=O) groups excluding carboxylic acids is 4. The Morgan fingerprint density at radius 2 is 0.519 bits per heavy atom. The molecular formula is C89H144O17P2. The SMILES string of the molecule is CC/C=C\C/C=C\C/C=C\C/C=C\C/C=C\CCCCCC(=O)OCC(COP(=O)(O)OCC(O)COP(=O)(O)OCC(COC(=O)CCCCC/C=C\C/C=C\C/C=C\C/C=C\C/C=C\CC)OC(=O)CCCCCCCCCCCCCCCCC)OC(=O)C/C=C\C/C=C\C/C=C\C/C=C\C/C=C\CC. The quantitative estimate of drug-likeness (QED) is 0.0169. The van der Waals surface area contributed by atoms with Gasteiger partial charge >= 0.3 is 39.5 Å². The minimum atomic E-state index is -5.02. The number of carbonyl (C=O) groups is 4. The number of unbranched alkanes of at least 4 members (excludes halogenated alkanes) is 20. The maximum absolute atomic E-state index is 13.1. The van der Waals surface area contributed by atoms with Crippen molar-refractivity contribution in [2.45, 2.75) is 316 Å². The molecule has 0 saturated carbocycles. The highest BCUT2D eigenvalue weighted by Gasteiger charge is 2.30. The highest BCUT2D eigenvalue weighted by molar-refractivity contribution is 7.47. The van der Waals surface area contributed by atoms with Crippen LogP contribution in [-0.2, 0) is 65.4 Å². The normalized spacial score (nSPS) is 14.8. The van der Waals surface area contributed by atoms with Crippen LogP contribution >= 0.6 is 15.6 Å². The first-order valence-corrected chi connectivity index (χ1v) is 44.0. The lowest BCUT2D eigenvalue weighted by Gasteiger charge is -2.21. The van der Waals surface area contributed by atoms with Gasteiger partial charge in [0, 0.05) is 19.3 Å². The van der Waals surface area contributed by atoms with Gasteiger partial charge < -0.3 is 33.8 Å². The van der Waals surface area contributed by atoms with Crippen molar-refractivity contribution < 1.29 is 80.2 Å². The summed E-state index contributed by atoms with van der Waals surface area (Å²) in [6.45, 7) is 4.34. The van der Waals surface area contributed by atoms with Crippen LogP contribution in [0.4, 0.5) is 0 Å². The smallest absolute Gasteiger partial charge is 0.462 e. The molecule has 5 unspecified atom stereocenters. The molecule has 0 aromatic carbocycles. The van der Waals surface area contributed by atoms with Crippen molar-refractivity contribution in [2.24, 2.45) is 0 Å². The second-order valence-corrected chi connectivity index (χ2v) is 29.5. The fourth-order valence-corrected chi connectivity index (χ4v) is 11.9. The van der Waals surface area contributed by atoms with E-state index < -0.39 is 97.5 Å². The number of esters is 4. The third-order valence-electron chi connectivity index (χ3n) is 16.4. The van der Waals surface area contributed by atoms with Crippen LogP contribution < -0.4 is 0 Å². The number of aliphatic hydroxyl groups excluding tert-OH is 1. The average Bonchev–Trinajstić information content (AvgIpc) is 0.923. The molecule has 0 amide bonds. The summed E-state index contributed by atoms with van der Waals surface area (Å²) >= 11 is 0. The van der Waals surface area contributed by atoms with E-state index in [0.29, 0.717) is 25.7 Å². The third-order valence-corrected chi connectivity index (χ3v) is 18.3. The average molecular weight is 1550 g/mol. The van der Waals surface area contributed by atoms with Gasteiger partial charge in [-0.15, -0.1) is 0 Å². The zero-order valence-corrected chi connectivity index (χ0v) is 68.7. The van der Waals surface area contributed by atoms with Crippen molar-refractivity contribution in [3.05, 3.63) is 182 Å². The predicted octanol–water partition coefficient (Wildman–Crippen LogP) is 24.3. The molecule has 0 saturated heterocycles. The van der Waals surface area contributed by atoms with Gasteiger partial charge in [-0.1, -0.05) is 313 Å². The Kier molecular flexibility index (Phi) is 75.0. The summed E-state index contributed by atoms with van der Waals surface area (Å²) in [5.41, 5.74) is 0. The summed E-state index contributed by atoms with van der Waals surface area (Å²) in [4.78, 5) is 73.1. The summed E-state index contributed by atoms with van der Waals surface area (Å²) in [5.74, 6) is -2.41. The highest BCUT2D eigenvalue weighted by atomic mass is 31.2. The number of allylic oxidation sites excluding steroid dienone is 29. The number of hydrogen-bond acceptors (Lipinski definition) is 15. The first-order chi connectivity index (χ1) is 52.7. The van der Waals surface area contributed by atoms with Gasteiger partial charge in [0.25, 0.3) is 0 Å². The molecule has 0 rings (SSSR count). The van der Waals surface area contributed by atoms with Crippen LogP contribution in [0.2, 0.25) is 0 Å². The topological polar surface area (TPSA) is 237 Å². The minimum absolute atomic E-state index is 0.0812. The van der Waals surface area contributed by atoms with E-state index in [-0.39, 0.29) is 25.7 Å². The van der Waals surface area contributed by atoms with E-state index in [4.69, 9.17) is 37.0 Å². The second-order valence-electron chi connectivity index (χ2n) is 26.6. The predicted molar refractivity (Wildman–Crippen MR) is 445 cm³/mol. The lowest BCUT2D eigenvalue weighted by molar-refractivity contribution is -0.161. The van der Waals surface area contributed by atoms with Gasteiger partial charge in [0.05, 0.1) is 32.8 Å². The summed E-state index contributed by atoms with van der Waals surface area (Å²) in [5, 5.41) is 10.7. The van der Waals surface area contributed by atoms with Gasteiger partial charge in [-0.25, -0.2) is 9.13 Å². The van der Waals surface area contributed by atoms with Crippen molar-refractivity contribution in [1.82, 2.24) is 0 Å². The number of phosphoric ester groups is 2. The molecule has 5 atom stereocenters. The molecule has 0 aliphatic carbocycles.